The molecule has 0 saturated heterocycles. The lowest BCUT2D eigenvalue weighted by molar-refractivity contribution is 0.289. The van der Waals surface area contributed by atoms with E-state index in [-0.39, 0.29) is 0 Å². The number of ether oxygens (including phenoxy) is 1. The molecular formula is C6H9NO. The highest BCUT2D eigenvalue weighted by molar-refractivity contribution is 5.28. The molecule has 0 spiro atoms. The second-order valence-electron chi connectivity index (χ2n) is 1.10. The molecule has 0 aromatic carbocycles. The van der Waals surface area contributed by atoms with Crippen molar-refractivity contribution < 1.29 is 4.74 Å². The summed E-state index contributed by atoms with van der Waals surface area (Å²) in [6.45, 7) is 6.71. The van der Waals surface area contributed by atoms with Gasteiger partial charge in [-0.15, -0.1) is 0 Å². The van der Waals surface area contributed by atoms with E-state index >= 15 is 0 Å². The fourth-order valence-corrected chi connectivity index (χ4v) is 0.286. The molecule has 0 aromatic heterocycles. The number of allylic oxidation sites excluding steroid dienone is 2. The Balaban J connectivity index is 3.84. The van der Waals surface area contributed by atoms with Crippen LogP contribution in [0, 0.1) is 0 Å². The maximum atomic E-state index is 4.70. The largest absolute Gasteiger partial charge is 0.481 e. The zero-order valence-corrected chi connectivity index (χ0v) is 4.92. The van der Waals surface area contributed by atoms with Crippen molar-refractivity contribution in [2.45, 2.75) is 0 Å². The fraction of sp³-hybridized carbons (Fsp3) is 0.167. The molecule has 0 aliphatic rings. The highest BCUT2D eigenvalue weighted by Crippen LogP contribution is 1.93. The van der Waals surface area contributed by atoms with Gasteiger partial charge in [-0.25, -0.2) is 4.99 Å². The van der Waals surface area contributed by atoms with Crippen molar-refractivity contribution in [2.75, 3.05) is 7.11 Å². The van der Waals surface area contributed by atoms with Crippen molar-refractivity contribution in [3.63, 3.8) is 0 Å². The lowest BCUT2D eigenvalue weighted by Crippen LogP contribution is -1.77. The average Bonchev–Trinajstić information content (AvgIpc) is 1.83. The lowest BCUT2D eigenvalue weighted by atomic mass is 10.6. The van der Waals surface area contributed by atoms with Crippen LogP contribution in [0.1, 0.15) is 0 Å². The third-order valence-electron chi connectivity index (χ3n) is 0.625. The van der Waals surface area contributed by atoms with Gasteiger partial charge in [-0.3, -0.25) is 0 Å². The number of aliphatic imine (C=N–C) groups is 1. The van der Waals surface area contributed by atoms with Crippen molar-refractivity contribution in [1.82, 2.24) is 0 Å². The van der Waals surface area contributed by atoms with Gasteiger partial charge in [0.05, 0.1) is 7.11 Å². The summed E-state index contributed by atoms with van der Waals surface area (Å²) in [6, 6.07) is 0. The summed E-state index contributed by atoms with van der Waals surface area (Å²) in [6.07, 6.45) is 3.22. The lowest BCUT2D eigenvalue weighted by Gasteiger charge is -1.93. The Morgan fingerprint density at radius 2 is 2.38 bits per heavy atom. The van der Waals surface area contributed by atoms with Gasteiger partial charge < -0.3 is 4.74 Å². The normalized spacial score (nSPS) is 10.4. The number of hydrogen-bond acceptors (Lipinski definition) is 2. The Labute approximate surface area is 49.2 Å². The third-order valence-corrected chi connectivity index (χ3v) is 0.625. The fourth-order valence-electron chi connectivity index (χ4n) is 0.286. The third kappa shape index (κ3) is 2.18. The molecular weight excluding hydrogens is 102 g/mol. The van der Waals surface area contributed by atoms with Crippen LogP contribution in [0.15, 0.2) is 29.6 Å². The molecule has 0 bridgehead atoms. The van der Waals surface area contributed by atoms with E-state index in [2.05, 4.69) is 18.3 Å². The number of methoxy groups -OCH3 is 1. The molecule has 0 fully saturated rings. The molecule has 0 rings (SSSR count). The van der Waals surface area contributed by atoms with E-state index in [4.69, 9.17) is 4.74 Å². The Morgan fingerprint density at radius 1 is 1.75 bits per heavy atom. The van der Waals surface area contributed by atoms with Gasteiger partial charge in [0, 0.05) is 0 Å². The van der Waals surface area contributed by atoms with E-state index in [9.17, 15) is 0 Å². The van der Waals surface area contributed by atoms with Crippen LogP contribution in [0.4, 0.5) is 0 Å². The van der Waals surface area contributed by atoms with Gasteiger partial charge >= 0.3 is 0 Å². The first-order valence-corrected chi connectivity index (χ1v) is 2.18. The standard InChI is InChI=1S/C6H9NO/c1-4-5-6(7-2)8-3/h4-5H,1-2H2,3H3/b6-5+. The van der Waals surface area contributed by atoms with Gasteiger partial charge in [0.1, 0.15) is 0 Å². The Kier molecular flexibility index (Phi) is 3.58. The molecule has 0 aliphatic carbocycles. The summed E-state index contributed by atoms with van der Waals surface area (Å²) in [7, 11) is 1.53. The second kappa shape index (κ2) is 4.12. The van der Waals surface area contributed by atoms with Crippen molar-refractivity contribution in [3.05, 3.63) is 24.6 Å². The van der Waals surface area contributed by atoms with Gasteiger partial charge in [-0.2, -0.15) is 0 Å². The molecule has 2 nitrogen and oxygen atoms in total. The summed E-state index contributed by atoms with van der Waals surface area (Å²) in [4.78, 5) is 3.51. The van der Waals surface area contributed by atoms with Crippen LogP contribution in [0.2, 0.25) is 0 Å². The molecule has 0 amide bonds. The molecule has 0 atom stereocenters. The summed E-state index contributed by atoms with van der Waals surface area (Å²) in [5.41, 5.74) is 0. The molecule has 0 aromatic rings. The SMILES string of the molecule is C=C/C=C(\N=C)OC. The van der Waals surface area contributed by atoms with E-state index in [1.807, 2.05) is 0 Å². The Bertz CT molecular complexity index is 116. The molecule has 0 aliphatic heterocycles. The van der Waals surface area contributed by atoms with Crippen molar-refractivity contribution >= 4 is 6.72 Å². The van der Waals surface area contributed by atoms with E-state index in [0.717, 1.165) is 0 Å². The van der Waals surface area contributed by atoms with Crippen LogP contribution in [-0.4, -0.2) is 13.8 Å². The predicted octanol–water partition coefficient (Wildman–Crippen LogP) is 1.36. The number of rotatable bonds is 3. The molecule has 0 N–H and O–H groups in total. The van der Waals surface area contributed by atoms with Gasteiger partial charge in [0.15, 0.2) is 0 Å². The first kappa shape index (κ1) is 6.95. The van der Waals surface area contributed by atoms with Crippen molar-refractivity contribution in [2.24, 2.45) is 4.99 Å². The molecule has 8 heavy (non-hydrogen) atoms. The quantitative estimate of drug-likeness (QED) is 0.306. The maximum Gasteiger partial charge on any atom is 0.212 e. The molecule has 0 saturated carbocycles. The minimum Gasteiger partial charge on any atom is -0.481 e. The van der Waals surface area contributed by atoms with Crippen LogP contribution in [0.25, 0.3) is 0 Å². The van der Waals surface area contributed by atoms with Gasteiger partial charge in [-0.1, -0.05) is 12.7 Å². The first-order chi connectivity index (χ1) is 3.85. The second-order valence-corrected chi connectivity index (χ2v) is 1.10. The molecule has 0 radical (unpaired) electrons. The van der Waals surface area contributed by atoms with Crippen molar-refractivity contribution in [3.8, 4) is 0 Å². The average molecular weight is 111 g/mol. The maximum absolute atomic E-state index is 4.70. The van der Waals surface area contributed by atoms with E-state index in [1.54, 1.807) is 12.2 Å². The molecule has 0 heterocycles. The van der Waals surface area contributed by atoms with E-state index in [0.29, 0.717) is 5.88 Å². The predicted molar refractivity (Wildman–Crippen MR) is 34.8 cm³/mol. The van der Waals surface area contributed by atoms with Gasteiger partial charge in [0.2, 0.25) is 5.88 Å². The summed E-state index contributed by atoms with van der Waals surface area (Å²) in [5, 5.41) is 0. The van der Waals surface area contributed by atoms with E-state index < -0.39 is 0 Å². The summed E-state index contributed by atoms with van der Waals surface area (Å²) < 4.78 is 4.70. The van der Waals surface area contributed by atoms with Crippen molar-refractivity contribution in [1.29, 1.82) is 0 Å². The smallest absolute Gasteiger partial charge is 0.212 e. The summed E-state index contributed by atoms with van der Waals surface area (Å²) >= 11 is 0. The van der Waals surface area contributed by atoms with Crippen LogP contribution >= 0.6 is 0 Å². The number of hydrogen-bond donors (Lipinski definition) is 0. The minimum atomic E-state index is 0.486. The minimum absolute atomic E-state index is 0.486. The highest BCUT2D eigenvalue weighted by atomic mass is 16.5. The first-order valence-electron chi connectivity index (χ1n) is 2.18. The summed E-state index contributed by atoms with van der Waals surface area (Å²) in [5.74, 6) is 0.486. The zero-order chi connectivity index (χ0) is 6.41. The van der Waals surface area contributed by atoms with E-state index in [1.165, 1.54) is 7.11 Å². The van der Waals surface area contributed by atoms with Crippen LogP contribution in [0.3, 0.4) is 0 Å². The zero-order valence-electron chi connectivity index (χ0n) is 4.92. The van der Waals surface area contributed by atoms with Gasteiger partial charge in [0.25, 0.3) is 0 Å². The van der Waals surface area contributed by atoms with Crippen LogP contribution in [-0.2, 0) is 4.74 Å². The highest BCUT2D eigenvalue weighted by Gasteiger charge is 1.80. The topological polar surface area (TPSA) is 21.6 Å². The molecule has 0 unspecified atom stereocenters. The number of nitrogens with zero attached hydrogens (tertiary/aromatic N) is 1. The Morgan fingerprint density at radius 3 is 2.50 bits per heavy atom. The molecule has 2 heteroatoms. The Hall–Kier alpha value is -1.05. The van der Waals surface area contributed by atoms with Crippen LogP contribution < -0.4 is 0 Å². The van der Waals surface area contributed by atoms with Crippen LogP contribution in [0.5, 0.6) is 0 Å². The molecule has 44 valence electrons. The monoisotopic (exact) mass is 111 g/mol. The van der Waals surface area contributed by atoms with Gasteiger partial charge in [-0.05, 0) is 12.8 Å².